The third-order valence-electron chi connectivity index (χ3n) is 2.68. The number of thioether (sulfide) groups is 1. The highest BCUT2D eigenvalue weighted by Crippen LogP contribution is 2.33. The first kappa shape index (κ1) is 15.7. The molecule has 0 aliphatic carbocycles. The van der Waals surface area contributed by atoms with E-state index in [0.29, 0.717) is 11.5 Å². The van der Waals surface area contributed by atoms with Crippen LogP contribution in [0.4, 0.5) is 5.69 Å². The summed E-state index contributed by atoms with van der Waals surface area (Å²) in [6.45, 7) is 2.56. The van der Waals surface area contributed by atoms with E-state index in [1.54, 1.807) is 17.8 Å². The van der Waals surface area contributed by atoms with E-state index in [-0.39, 0.29) is 5.91 Å². The summed E-state index contributed by atoms with van der Waals surface area (Å²) >= 11 is 3.04. The Morgan fingerprint density at radius 1 is 1.38 bits per heavy atom. The molecule has 0 aliphatic heterocycles. The van der Waals surface area contributed by atoms with Gasteiger partial charge >= 0.3 is 0 Å². The lowest BCUT2D eigenvalue weighted by atomic mass is 10.3. The largest absolute Gasteiger partial charge is 0.494 e. The third-order valence-corrected chi connectivity index (χ3v) is 5.07. The molecular weight excluding hydrogens is 306 g/mol. The minimum absolute atomic E-state index is 0.269. The first-order valence-electron chi connectivity index (χ1n) is 6.38. The van der Waals surface area contributed by atoms with Gasteiger partial charge < -0.3 is 10.5 Å². The van der Waals surface area contributed by atoms with Crippen LogP contribution in [0.5, 0.6) is 5.75 Å². The molecule has 0 atom stereocenters. The van der Waals surface area contributed by atoms with Crippen molar-refractivity contribution in [1.82, 2.24) is 5.43 Å². The van der Waals surface area contributed by atoms with E-state index < -0.39 is 0 Å². The molecule has 21 heavy (non-hydrogen) atoms. The number of hydrogen-bond acceptors (Lipinski definition) is 6. The van der Waals surface area contributed by atoms with Crippen LogP contribution in [0.1, 0.15) is 21.5 Å². The van der Waals surface area contributed by atoms with Crippen molar-refractivity contribution in [3.8, 4) is 5.75 Å². The first-order valence-corrected chi connectivity index (χ1v) is 8.19. The minimum atomic E-state index is -0.269. The molecule has 0 saturated carbocycles. The van der Waals surface area contributed by atoms with Crippen LogP contribution in [0.15, 0.2) is 35.2 Å². The van der Waals surface area contributed by atoms with Crippen molar-refractivity contribution in [3.63, 3.8) is 0 Å². The van der Waals surface area contributed by atoms with Crippen LogP contribution in [0.2, 0.25) is 0 Å². The zero-order valence-electron chi connectivity index (χ0n) is 11.6. The SMILES string of the molecule is CCOc1ccc(N)c(SCc2ccc(C(=O)NN)s2)c1. The maximum atomic E-state index is 11.4. The van der Waals surface area contributed by atoms with Gasteiger partial charge in [0.15, 0.2) is 0 Å². The summed E-state index contributed by atoms with van der Waals surface area (Å²) in [6, 6.07) is 9.32. The van der Waals surface area contributed by atoms with Crippen molar-refractivity contribution in [3.05, 3.63) is 40.1 Å². The maximum Gasteiger partial charge on any atom is 0.275 e. The molecule has 1 aromatic heterocycles. The van der Waals surface area contributed by atoms with Crippen LogP contribution in [0.25, 0.3) is 0 Å². The van der Waals surface area contributed by atoms with E-state index >= 15 is 0 Å². The van der Waals surface area contributed by atoms with Gasteiger partial charge in [-0.1, -0.05) is 0 Å². The minimum Gasteiger partial charge on any atom is -0.494 e. The number of hydrogen-bond donors (Lipinski definition) is 3. The molecule has 0 spiro atoms. The summed E-state index contributed by atoms with van der Waals surface area (Å²) in [5.74, 6) is 6.39. The molecule has 0 radical (unpaired) electrons. The van der Waals surface area contributed by atoms with Gasteiger partial charge in [0, 0.05) is 21.2 Å². The molecule has 5 N–H and O–H groups in total. The zero-order valence-corrected chi connectivity index (χ0v) is 13.2. The average Bonchev–Trinajstić information content (AvgIpc) is 2.96. The van der Waals surface area contributed by atoms with Gasteiger partial charge in [-0.25, -0.2) is 5.84 Å². The molecule has 112 valence electrons. The number of benzene rings is 1. The number of carbonyl (C=O) groups excluding carboxylic acids is 1. The van der Waals surface area contributed by atoms with Gasteiger partial charge in [-0.2, -0.15) is 0 Å². The Labute approximate surface area is 131 Å². The van der Waals surface area contributed by atoms with Crippen molar-refractivity contribution >= 4 is 34.7 Å². The maximum absolute atomic E-state index is 11.4. The first-order chi connectivity index (χ1) is 10.1. The quantitative estimate of drug-likeness (QED) is 0.250. The Morgan fingerprint density at radius 2 is 2.19 bits per heavy atom. The van der Waals surface area contributed by atoms with Gasteiger partial charge in [0.05, 0.1) is 11.5 Å². The van der Waals surface area contributed by atoms with Crippen LogP contribution < -0.4 is 21.7 Å². The number of anilines is 1. The predicted molar refractivity (Wildman–Crippen MR) is 87.6 cm³/mol. The lowest BCUT2D eigenvalue weighted by Crippen LogP contribution is -2.29. The fourth-order valence-corrected chi connectivity index (χ4v) is 3.64. The van der Waals surface area contributed by atoms with Gasteiger partial charge in [0.1, 0.15) is 5.75 Å². The number of rotatable bonds is 6. The fourth-order valence-electron chi connectivity index (χ4n) is 1.69. The normalized spacial score (nSPS) is 10.4. The van der Waals surface area contributed by atoms with Gasteiger partial charge in [-0.15, -0.1) is 23.1 Å². The zero-order chi connectivity index (χ0) is 15.2. The second kappa shape index (κ2) is 7.35. The highest BCUT2D eigenvalue weighted by molar-refractivity contribution is 7.98. The lowest BCUT2D eigenvalue weighted by Gasteiger charge is -2.08. The number of nitrogens with two attached hydrogens (primary N) is 2. The Hall–Kier alpha value is -1.70. The molecule has 2 rings (SSSR count). The number of carbonyl (C=O) groups is 1. The standard InChI is InChI=1S/C14H17N3O2S2/c1-2-19-9-3-5-11(15)13(7-9)20-8-10-4-6-12(21-10)14(18)17-16/h3-7H,2,8,15-16H2,1H3,(H,17,18). The average molecular weight is 323 g/mol. The van der Waals surface area contributed by atoms with Crippen LogP contribution in [-0.4, -0.2) is 12.5 Å². The number of amides is 1. The van der Waals surface area contributed by atoms with Crippen LogP contribution in [0, 0.1) is 0 Å². The monoisotopic (exact) mass is 323 g/mol. The van der Waals surface area contributed by atoms with E-state index in [9.17, 15) is 4.79 Å². The van der Waals surface area contributed by atoms with Gasteiger partial charge in [0.25, 0.3) is 5.91 Å². The number of hydrazine groups is 1. The van der Waals surface area contributed by atoms with E-state index in [2.05, 4.69) is 5.43 Å². The van der Waals surface area contributed by atoms with E-state index in [0.717, 1.165) is 27.0 Å². The molecule has 1 heterocycles. The summed E-state index contributed by atoms with van der Waals surface area (Å²) in [5, 5.41) is 0. The fraction of sp³-hybridized carbons (Fsp3) is 0.214. The molecule has 2 aromatic rings. The van der Waals surface area contributed by atoms with E-state index in [1.165, 1.54) is 11.3 Å². The molecule has 7 heteroatoms. The van der Waals surface area contributed by atoms with Crippen molar-refractivity contribution in [1.29, 1.82) is 0 Å². The molecule has 1 aromatic carbocycles. The van der Waals surface area contributed by atoms with Crippen molar-refractivity contribution in [2.75, 3.05) is 12.3 Å². The predicted octanol–water partition coefficient (Wildman–Crippen LogP) is 2.62. The van der Waals surface area contributed by atoms with Gasteiger partial charge in [0.2, 0.25) is 0 Å². The summed E-state index contributed by atoms with van der Waals surface area (Å²) in [7, 11) is 0. The third kappa shape index (κ3) is 4.13. The Bertz CT molecular complexity index is 628. The summed E-state index contributed by atoms with van der Waals surface area (Å²) < 4.78 is 5.47. The molecule has 0 aliphatic rings. The highest BCUT2D eigenvalue weighted by Gasteiger charge is 2.09. The van der Waals surface area contributed by atoms with Crippen molar-refractivity contribution < 1.29 is 9.53 Å². The molecular formula is C14H17N3O2S2. The Morgan fingerprint density at radius 3 is 2.90 bits per heavy atom. The smallest absolute Gasteiger partial charge is 0.275 e. The second-order valence-corrected chi connectivity index (χ2v) is 6.35. The number of ether oxygens (including phenoxy) is 1. The second-order valence-electron chi connectivity index (χ2n) is 4.16. The molecule has 0 bridgehead atoms. The van der Waals surface area contributed by atoms with Gasteiger partial charge in [-0.05, 0) is 37.3 Å². The highest BCUT2D eigenvalue weighted by atomic mass is 32.2. The number of thiophene rings is 1. The summed E-state index contributed by atoms with van der Waals surface area (Å²) in [5.41, 5.74) is 8.82. The molecule has 0 unspecified atom stereocenters. The van der Waals surface area contributed by atoms with E-state index in [4.69, 9.17) is 16.3 Å². The van der Waals surface area contributed by atoms with Gasteiger partial charge in [-0.3, -0.25) is 10.2 Å². The topological polar surface area (TPSA) is 90.4 Å². The summed E-state index contributed by atoms with van der Waals surface area (Å²) in [4.78, 5) is 14.1. The number of nitrogen functional groups attached to an aromatic ring is 2. The Kier molecular flexibility index (Phi) is 5.49. The summed E-state index contributed by atoms with van der Waals surface area (Å²) in [6.07, 6.45) is 0. The van der Waals surface area contributed by atoms with Crippen LogP contribution in [0.3, 0.4) is 0 Å². The molecule has 0 saturated heterocycles. The number of nitrogens with one attached hydrogen (secondary N) is 1. The Balaban J connectivity index is 2.04. The molecule has 1 amide bonds. The molecule has 5 nitrogen and oxygen atoms in total. The molecule has 0 fully saturated rings. The van der Waals surface area contributed by atoms with Crippen molar-refractivity contribution in [2.45, 2.75) is 17.6 Å². The van der Waals surface area contributed by atoms with Crippen LogP contribution in [-0.2, 0) is 5.75 Å². The van der Waals surface area contributed by atoms with Crippen LogP contribution >= 0.6 is 23.1 Å². The van der Waals surface area contributed by atoms with Crippen molar-refractivity contribution in [2.24, 2.45) is 5.84 Å². The lowest BCUT2D eigenvalue weighted by molar-refractivity contribution is 0.0957. The van der Waals surface area contributed by atoms with E-state index in [1.807, 2.05) is 31.2 Å².